The van der Waals surface area contributed by atoms with E-state index in [1.54, 1.807) is 0 Å². The molecule has 10 heteroatoms. The van der Waals surface area contributed by atoms with Gasteiger partial charge >= 0.3 is 0 Å². The summed E-state index contributed by atoms with van der Waals surface area (Å²) in [4.78, 5) is 11.4. The zero-order valence-electron chi connectivity index (χ0n) is 14.5. The van der Waals surface area contributed by atoms with Gasteiger partial charge in [0.2, 0.25) is 15.9 Å². The van der Waals surface area contributed by atoms with Gasteiger partial charge in [-0.05, 0) is 43.5 Å². The van der Waals surface area contributed by atoms with E-state index in [9.17, 15) is 22.0 Å². The van der Waals surface area contributed by atoms with E-state index in [1.165, 1.54) is 0 Å². The van der Waals surface area contributed by atoms with Crippen molar-refractivity contribution in [1.29, 1.82) is 0 Å². The van der Waals surface area contributed by atoms with Crippen LogP contribution in [0.2, 0.25) is 0 Å². The summed E-state index contributed by atoms with van der Waals surface area (Å²) in [5.41, 5.74) is 5.50. The van der Waals surface area contributed by atoms with E-state index < -0.39 is 26.6 Å². The molecule has 1 saturated heterocycles. The average molecular weight is 412 g/mol. The number of rotatable bonds is 6. The van der Waals surface area contributed by atoms with Crippen LogP contribution < -0.4 is 11.1 Å². The Hall–Kier alpha value is -1.29. The third-order valence-electron chi connectivity index (χ3n) is 4.36. The van der Waals surface area contributed by atoms with E-state index in [0.29, 0.717) is 32.0 Å². The summed E-state index contributed by atoms with van der Waals surface area (Å²) in [6.45, 7) is 3.03. The summed E-state index contributed by atoms with van der Waals surface area (Å²) >= 11 is 0. The van der Waals surface area contributed by atoms with Crippen LogP contribution in [0.25, 0.3) is 0 Å². The molecule has 1 amide bonds. The first kappa shape index (κ1) is 22.8. The summed E-state index contributed by atoms with van der Waals surface area (Å²) in [7, 11) is -4.12. The largest absolute Gasteiger partial charge is 0.356 e. The lowest BCUT2D eigenvalue weighted by Gasteiger charge is -2.30. The SMILES string of the molecule is CC(CN)CNC(=O)C1CCN(S(=O)(=O)c2cc(F)ccc2F)CC1.Cl. The van der Waals surface area contributed by atoms with Crippen LogP contribution in [0.4, 0.5) is 8.78 Å². The van der Waals surface area contributed by atoms with Gasteiger partial charge < -0.3 is 11.1 Å². The minimum absolute atomic E-state index is 0. The third-order valence-corrected chi connectivity index (χ3v) is 6.28. The number of benzene rings is 1. The summed E-state index contributed by atoms with van der Waals surface area (Å²) < 4.78 is 53.2. The number of piperidine rings is 1. The van der Waals surface area contributed by atoms with E-state index >= 15 is 0 Å². The Bertz CT molecular complexity index is 725. The van der Waals surface area contributed by atoms with Crippen molar-refractivity contribution in [1.82, 2.24) is 9.62 Å². The van der Waals surface area contributed by atoms with E-state index in [-0.39, 0.29) is 43.2 Å². The predicted molar refractivity (Wildman–Crippen MR) is 96.3 cm³/mol. The van der Waals surface area contributed by atoms with Crippen LogP contribution in [0.3, 0.4) is 0 Å². The number of nitrogens with two attached hydrogens (primary N) is 1. The molecular formula is C16H24ClF2N3O3S. The Balaban J connectivity index is 0.00000338. The molecule has 1 aliphatic heterocycles. The summed E-state index contributed by atoms with van der Waals surface area (Å²) in [6.07, 6.45) is 0.665. The molecule has 0 aliphatic carbocycles. The van der Waals surface area contributed by atoms with Gasteiger partial charge in [0.05, 0.1) is 0 Å². The highest BCUT2D eigenvalue weighted by Crippen LogP contribution is 2.26. The van der Waals surface area contributed by atoms with Gasteiger partial charge in [0.15, 0.2) is 0 Å². The van der Waals surface area contributed by atoms with E-state index in [1.807, 2.05) is 6.92 Å². The Labute approximate surface area is 158 Å². The molecule has 148 valence electrons. The molecule has 1 heterocycles. The van der Waals surface area contributed by atoms with Crippen molar-refractivity contribution >= 4 is 28.3 Å². The number of amides is 1. The van der Waals surface area contributed by atoms with Gasteiger partial charge in [-0.25, -0.2) is 17.2 Å². The quantitative estimate of drug-likeness (QED) is 0.741. The van der Waals surface area contributed by atoms with Crippen LogP contribution in [0.15, 0.2) is 23.1 Å². The van der Waals surface area contributed by atoms with Crippen LogP contribution in [0.1, 0.15) is 19.8 Å². The maximum absolute atomic E-state index is 13.8. The fraction of sp³-hybridized carbons (Fsp3) is 0.562. The van der Waals surface area contributed by atoms with E-state index in [4.69, 9.17) is 5.73 Å². The standard InChI is InChI=1S/C16H23F2N3O3S.ClH/c1-11(9-19)10-20-16(22)12-4-6-21(7-5-12)25(23,24)15-8-13(17)2-3-14(15)18;/h2-3,8,11-12H,4-7,9-10,19H2,1H3,(H,20,22);1H. The fourth-order valence-electron chi connectivity index (χ4n) is 2.67. The molecule has 1 fully saturated rings. The molecule has 1 aliphatic rings. The van der Waals surface area contributed by atoms with Crippen LogP contribution in [0.5, 0.6) is 0 Å². The fourth-order valence-corrected chi connectivity index (χ4v) is 4.22. The highest BCUT2D eigenvalue weighted by atomic mass is 35.5. The predicted octanol–water partition coefficient (Wildman–Crippen LogP) is 1.50. The lowest BCUT2D eigenvalue weighted by molar-refractivity contribution is -0.126. The molecule has 6 nitrogen and oxygen atoms in total. The zero-order valence-corrected chi connectivity index (χ0v) is 16.1. The van der Waals surface area contributed by atoms with Gasteiger partial charge in [0.25, 0.3) is 0 Å². The minimum Gasteiger partial charge on any atom is -0.356 e. The Morgan fingerprint density at radius 2 is 1.96 bits per heavy atom. The average Bonchev–Trinajstić information content (AvgIpc) is 2.61. The van der Waals surface area contributed by atoms with Crippen LogP contribution in [-0.2, 0) is 14.8 Å². The Morgan fingerprint density at radius 1 is 1.35 bits per heavy atom. The van der Waals surface area contributed by atoms with Crippen LogP contribution in [-0.4, -0.2) is 44.8 Å². The van der Waals surface area contributed by atoms with Crippen molar-refractivity contribution < 1.29 is 22.0 Å². The zero-order chi connectivity index (χ0) is 18.6. The van der Waals surface area contributed by atoms with Gasteiger partial charge in [-0.2, -0.15) is 4.31 Å². The molecule has 3 N–H and O–H groups in total. The van der Waals surface area contributed by atoms with Gasteiger partial charge in [0.1, 0.15) is 16.5 Å². The van der Waals surface area contributed by atoms with Crippen LogP contribution in [0, 0.1) is 23.5 Å². The number of carbonyl (C=O) groups is 1. The second kappa shape index (κ2) is 9.59. The van der Waals surface area contributed by atoms with E-state index in [2.05, 4.69) is 5.32 Å². The molecule has 0 saturated carbocycles. The topological polar surface area (TPSA) is 92.5 Å². The molecule has 0 aromatic heterocycles. The van der Waals surface area contributed by atoms with Gasteiger partial charge in [-0.15, -0.1) is 12.4 Å². The third kappa shape index (κ3) is 5.35. The molecule has 1 atom stereocenters. The Kier molecular flexibility index (Phi) is 8.39. The lowest BCUT2D eigenvalue weighted by atomic mass is 9.97. The molecular weight excluding hydrogens is 388 g/mol. The first-order valence-corrected chi connectivity index (χ1v) is 9.62. The van der Waals surface area contributed by atoms with Crippen molar-refractivity contribution in [2.45, 2.75) is 24.7 Å². The smallest absolute Gasteiger partial charge is 0.246 e. The first-order valence-electron chi connectivity index (χ1n) is 8.18. The summed E-state index contributed by atoms with van der Waals surface area (Å²) in [5, 5.41) is 2.81. The molecule has 1 aromatic rings. The number of nitrogens with one attached hydrogen (secondary N) is 1. The first-order chi connectivity index (χ1) is 11.8. The lowest BCUT2D eigenvalue weighted by Crippen LogP contribution is -2.44. The minimum atomic E-state index is -4.12. The van der Waals surface area contributed by atoms with Crippen molar-refractivity contribution in [2.24, 2.45) is 17.6 Å². The van der Waals surface area contributed by atoms with Crippen LogP contribution >= 0.6 is 12.4 Å². The summed E-state index contributed by atoms with van der Waals surface area (Å²) in [5.74, 6) is -2.07. The molecule has 1 aromatic carbocycles. The molecule has 1 unspecified atom stereocenters. The number of carbonyl (C=O) groups excluding carboxylic acids is 1. The monoisotopic (exact) mass is 411 g/mol. The number of hydrogen-bond donors (Lipinski definition) is 2. The number of sulfonamides is 1. The molecule has 0 spiro atoms. The number of halogens is 3. The molecule has 26 heavy (non-hydrogen) atoms. The normalized spacial score (nSPS) is 17.4. The maximum atomic E-state index is 13.8. The van der Waals surface area contributed by atoms with E-state index in [0.717, 1.165) is 16.4 Å². The highest BCUT2D eigenvalue weighted by molar-refractivity contribution is 7.89. The van der Waals surface area contributed by atoms with Gasteiger partial charge in [-0.3, -0.25) is 4.79 Å². The van der Waals surface area contributed by atoms with Crippen molar-refractivity contribution in [3.05, 3.63) is 29.8 Å². The van der Waals surface area contributed by atoms with Crippen molar-refractivity contribution in [3.63, 3.8) is 0 Å². The second-order valence-electron chi connectivity index (χ2n) is 6.34. The van der Waals surface area contributed by atoms with Crippen molar-refractivity contribution in [3.8, 4) is 0 Å². The number of nitrogens with zero attached hydrogens (tertiary/aromatic N) is 1. The highest BCUT2D eigenvalue weighted by Gasteiger charge is 2.33. The molecule has 2 rings (SSSR count). The van der Waals surface area contributed by atoms with Gasteiger partial charge in [0, 0.05) is 25.6 Å². The van der Waals surface area contributed by atoms with Gasteiger partial charge in [-0.1, -0.05) is 6.92 Å². The number of hydrogen-bond acceptors (Lipinski definition) is 4. The van der Waals surface area contributed by atoms with Crippen molar-refractivity contribution in [2.75, 3.05) is 26.2 Å². The molecule has 0 radical (unpaired) electrons. The second-order valence-corrected chi connectivity index (χ2v) is 8.25. The maximum Gasteiger partial charge on any atom is 0.246 e. The molecule has 0 bridgehead atoms. The Morgan fingerprint density at radius 3 is 2.54 bits per heavy atom. The summed E-state index contributed by atoms with van der Waals surface area (Å²) in [6, 6.07) is 2.34.